The molecule has 0 bridgehead atoms. The Morgan fingerprint density at radius 3 is 2.29 bits per heavy atom. The van der Waals surface area contributed by atoms with Crippen LogP contribution in [0, 0.1) is 0 Å². The quantitative estimate of drug-likeness (QED) is 0.256. The summed E-state index contributed by atoms with van der Waals surface area (Å²) < 4.78 is 46.5. The van der Waals surface area contributed by atoms with Crippen LogP contribution in [-0.2, 0) is 31.7 Å². The third-order valence-electron chi connectivity index (χ3n) is 8.44. The summed E-state index contributed by atoms with van der Waals surface area (Å²) in [5.74, 6) is -0.153. The van der Waals surface area contributed by atoms with Gasteiger partial charge in [-0.2, -0.15) is 0 Å². The van der Waals surface area contributed by atoms with Gasteiger partial charge in [0.2, 0.25) is 0 Å². The predicted molar refractivity (Wildman–Crippen MR) is 172 cm³/mol. The van der Waals surface area contributed by atoms with Gasteiger partial charge >= 0.3 is 0 Å². The average molecular weight is 649 g/mol. The minimum absolute atomic E-state index is 0.0564. The molecule has 0 N–H and O–H groups in total. The number of anilines is 2. The van der Waals surface area contributed by atoms with Gasteiger partial charge in [-0.15, -0.1) is 0 Å². The minimum Gasteiger partial charge on any atom is -0.497 e. The molecule has 0 aliphatic carbocycles. The summed E-state index contributed by atoms with van der Waals surface area (Å²) in [7, 11) is -0.0501. The maximum absolute atomic E-state index is 15.3. The van der Waals surface area contributed by atoms with Crippen LogP contribution in [0.2, 0.25) is 5.02 Å². The van der Waals surface area contributed by atoms with Gasteiger partial charge in [-0.3, -0.25) is 14.7 Å². The Morgan fingerprint density at radius 2 is 1.60 bits per heavy atom. The molecule has 1 fully saturated rings. The number of nitrogens with zero attached hydrogens (tertiary/aromatic N) is 4. The summed E-state index contributed by atoms with van der Waals surface area (Å²) in [4.78, 5) is 23.5. The monoisotopic (exact) mass is 648 g/mol. The molecule has 1 unspecified atom stereocenters. The van der Waals surface area contributed by atoms with E-state index >= 15 is 4.79 Å². The standard InChI is InChI=1S/C33H33ClN4O6S/c1-42-22-23-6-4-5-7-27(23)33(37-18-16-36(17-19-37)25-12-14-35-15-13-25)28-20-24(34)8-10-29(28)38(32(33)39)45(40,41)31-11-9-26(43-2)21-30(31)44-3/h4-15,20-21H,16-19,22H2,1-3H3. The van der Waals surface area contributed by atoms with Crippen LogP contribution in [-0.4, -0.2) is 71.7 Å². The lowest BCUT2D eigenvalue weighted by molar-refractivity contribution is -0.126. The summed E-state index contributed by atoms with van der Waals surface area (Å²) in [6.45, 7) is 2.33. The van der Waals surface area contributed by atoms with Crippen molar-refractivity contribution in [1.82, 2.24) is 9.88 Å². The number of pyridine rings is 1. The van der Waals surface area contributed by atoms with Crippen LogP contribution < -0.4 is 18.7 Å². The Balaban J connectivity index is 1.56. The topological polar surface area (TPSA) is 102 Å². The number of sulfonamides is 1. The molecule has 1 aromatic heterocycles. The number of rotatable bonds is 9. The molecule has 2 aliphatic heterocycles. The van der Waals surface area contributed by atoms with Crippen molar-refractivity contribution < 1.29 is 27.4 Å². The number of hydrogen-bond donors (Lipinski definition) is 0. The molecule has 234 valence electrons. The highest BCUT2D eigenvalue weighted by atomic mass is 35.5. The molecule has 4 aromatic rings. The molecule has 45 heavy (non-hydrogen) atoms. The van der Waals surface area contributed by atoms with Gasteiger partial charge in [0.15, 0.2) is 5.54 Å². The SMILES string of the molecule is COCc1ccccc1C1(N2CCN(c3ccncc3)CC2)C(=O)N(S(=O)(=O)c2ccc(OC)cc2OC)c2ccc(Cl)cc21. The maximum atomic E-state index is 15.3. The molecule has 0 spiro atoms. The van der Waals surface area contributed by atoms with Crippen LogP contribution >= 0.6 is 11.6 Å². The summed E-state index contributed by atoms with van der Waals surface area (Å²) in [6, 6.07) is 20.7. The molecule has 0 radical (unpaired) electrons. The van der Waals surface area contributed by atoms with E-state index in [2.05, 4.69) is 14.8 Å². The number of fused-ring (bicyclic) bond motifs is 1. The number of methoxy groups -OCH3 is 3. The number of carbonyl (C=O) groups is 1. The van der Waals surface area contributed by atoms with Crippen LogP contribution in [0.4, 0.5) is 11.4 Å². The zero-order valence-electron chi connectivity index (χ0n) is 25.1. The van der Waals surface area contributed by atoms with E-state index in [9.17, 15) is 8.42 Å². The largest absolute Gasteiger partial charge is 0.497 e. The van der Waals surface area contributed by atoms with E-state index in [0.29, 0.717) is 48.1 Å². The molecule has 3 aromatic carbocycles. The fourth-order valence-corrected chi connectivity index (χ4v) is 8.19. The van der Waals surface area contributed by atoms with E-state index in [-0.39, 0.29) is 22.9 Å². The highest BCUT2D eigenvalue weighted by Crippen LogP contribution is 2.52. The molecule has 0 saturated carbocycles. The van der Waals surface area contributed by atoms with Gasteiger partial charge in [0, 0.05) is 68.0 Å². The van der Waals surface area contributed by atoms with E-state index in [1.807, 2.05) is 36.4 Å². The fourth-order valence-electron chi connectivity index (χ4n) is 6.42. The second kappa shape index (κ2) is 12.3. The van der Waals surface area contributed by atoms with E-state index in [1.165, 1.54) is 32.4 Å². The molecule has 3 heterocycles. The molecule has 1 saturated heterocycles. The summed E-state index contributed by atoms with van der Waals surface area (Å²) in [6.07, 6.45) is 3.50. The van der Waals surface area contributed by atoms with Crippen molar-refractivity contribution in [1.29, 1.82) is 0 Å². The number of halogens is 1. The Hall–Kier alpha value is -4.16. The maximum Gasteiger partial charge on any atom is 0.274 e. The number of benzene rings is 3. The van der Waals surface area contributed by atoms with Gasteiger partial charge in [-0.1, -0.05) is 35.9 Å². The van der Waals surface area contributed by atoms with Crippen LogP contribution in [0.25, 0.3) is 0 Å². The summed E-state index contributed by atoms with van der Waals surface area (Å²) in [5, 5.41) is 0.381. The molecule has 1 atom stereocenters. The lowest BCUT2D eigenvalue weighted by Crippen LogP contribution is -2.60. The smallest absolute Gasteiger partial charge is 0.274 e. The van der Waals surface area contributed by atoms with Gasteiger partial charge < -0.3 is 19.1 Å². The lowest BCUT2D eigenvalue weighted by Gasteiger charge is -2.46. The average Bonchev–Trinajstić information content (AvgIpc) is 3.33. The number of amides is 1. The summed E-state index contributed by atoms with van der Waals surface area (Å²) >= 11 is 6.62. The van der Waals surface area contributed by atoms with Crippen LogP contribution in [0.3, 0.4) is 0 Å². The molecule has 2 aliphatic rings. The first-order valence-corrected chi connectivity index (χ1v) is 16.2. The summed E-state index contributed by atoms with van der Waals surface area (Å²) in [5.41, 5.74) is 1.61. The lowest BCUT2D eigenvalue weighted by atomic mass is 9.79. The van der Waals surface area contributed by atoms with Crippen molar-refractivity contribution in [2.75, 3.05) is 56.7 Å². The zero-order valence-corrected chi connectivity index (χ0v) is 26.7. The van der Waals surface area contributed by atoms with Gasteiger partial charge in [-0.25, -0.2) is 12.7 Å². The Bertz CT molecular complexity index is 1830. The van der Waals surface area contributed by atoms with Gasteiger partial charge in [0.05, 0.1) is 26.5 Å². The Kier molecular flexibility index (Phi) is 8.45. The molecule has 10 nitrogen and oxygen atoms in total. The molecule has 1 amide bonds. The Labute approximate surface area is 267 Å². The first-order valence-electron chi connectivity index (χ1n) is 14.4. The first kappa shape index (κ1) is 30.8. The van der Waals surface area contributed by atoms with Crippen LogP contribution in [0.1, 0.15) is 16.7 Å². The molecular formula is C33H33ClN4O6S. The van der Waals surface area contributed by atoms with Crippen LogP contribution in [0.15, 0.2) is 90.1 Å². The van der Waals surface area contributed by atoms with Crippen LogP contribution in [0.5, 0.6) is 11.5 Å². The van der Waals surface area contributed by atoms with Gasteiger partial charge in [0.1, 0.15) is 16.4 Å². The second-order valence-electron chi connectivity index (χ2n) is 10.7. The van der Waals surface area contributed by atoms with E-state index < -0.39 is 21.5 Å². The number of piperazine rings is 1. The van der Waals surface area contributed by atoms with Gasteiger partial charge in [0.25, 0.3) is 15.9 Å². The zero-order chi connectivity index (χ0) is 31.8. The number of aromatic nitrogens is 1. The highest BCUT2D eigenvalue weighted by Gasteiger charge is 2.60. The van der Waals surface area contributed by atoms with Crippen molar-refractivity contribution in [3.8, 4) is 11.5 Å². The third kappa shape index (κ3) is 5.09. The number of ether oxygens (including phenoxy) is 3. The first-order chi connectivity index (χ1) is 21.8. The van der Waals surface area contributed by atoms with E-state index in [0.717, 1.165) is 15.6 Å². The highest BCUT2D eigenvalue weighted by molar-refractivity contribution is 7.93. The predicted octanol–water partition coefficient (Wildman–Crippen LogP) is 4.70. The second-order valence-corrected chi connectivity index (χ2v) is 12.9. The van der Waals surface area contributed by atoms with Crippen molar-refractivity contribution in [3.63, 3.8) is 0 Å². The number of carbonyl (C=O) groups excluding carboxylic acids is 1. The molecule has 12 heteroatoms. The van der Waals surface area contributed by atoms with Gasteiger partial charge in [-0.05, 0) is 53.6 Å². The minimum atomic E-state index is -4.49. The van der Waals surface area contributed by atoms with Crippen molar-refractivity contribution in [3.05, 3.63) is 107 Å². The van der Waals surface area contributed by atoms with E-state index in [1.54, 1.807) is 37.7 Å². The Morgan fingerprint density at radius 1 is 0.867 bits per heavy atom. The molecule has 6 rings (SSSR count). The third-order valence-corrected chi connectivity index (χ3v) is 10.4. The fraction of sp³-hybridized carbons (Fsp3) is 0.273. The van der Waals surface area contributed by atoms with E-state index in [4.69, 9.17) is 25.8 Å². The van der Waals surface area contributed by atoms with Crippen molar-refractivity contribution in [2.45, 2.75) is 17.0 Å². The van der Waals surface area contributed by atoms with Crippen molar-refractivity contribution in [2.24, 2.45) is 0 Å². The normalized spacial score (nSPS) is 18.6. The molecular weight excluding hydrogens is 616 g/mol. The number of hydrogen-bond acceptors (Lipinski definition) is 9. The van der Waals surface area contributed by atoms with Crippen molar-refractivity contribution >= 4 is 38.9 Å².